The van der Waals surface area contributed by atoms with E-state index in [0.29, 0.717) is 5.56 Å². The molecule has 174 valence electrons. The first kappa shape index (κ1) is 23.5. The molecule has 0 unspecified atom stereocenters. The Morgan fingerprint density at radius 3 is 1.37 bits per heavy atom. The smallest absolute Gasteiger partial charge is 0.233 e. The van der Waals surface area contributed by atoms with Gasteiger partial charge in [0.05, 0.1) is 0 Å². The van der Waals surface area contributed by atoms with Crippen LogP contribution in [-0.4, -0.2) is 26.9 Å². The Morgan fingerprint density at radius 1 is 0.543 bits per heavy atom. The Balaban J connectivity index is 0.000000201. The number of phenols is 3. The van der Waals surface area contributed by atoms with Crippen molar-refractivity contribution in [3.63, 3.8) is 0 Å². The molecule has 1 aliphatic rings. The van der Waals surface area contributed by atoms with Crippen LogP contribution in [0.3, 0.4) is 0 Å². The van der Waals surface area contributed by atoms with Gasteiger partial charge in [0.2, 0.25) is 11.6 Å². The van der Waals surface area contributed by atoms with Crippen LogP contribution in [0, 0.1) is 0 Å². The van der Waals surface area contributed by atoms with Gasteiger partial charge in [0.1, 0.15) is 17.2 Å². The van der Waals surface area contributed by atoms with Crippen molar-refractivity contribution in [2.24, 2.45) is 0 Å². The first-order chi connectivity index (χ1) is 16.8. The van der Waals surface area contributed by atoms with Crippen LogP contribution in [0.15, 0.2) is 103 Å². The van der Waals surface area contributed by atoms with Crippen molar-refractivity contribution in [2.45, 2.75) is 12.3 Å². The summed E-state index contributed by atoms with van der Waals surface area (Å²) in [5, 5.41) is 28.7. The van der Waals surface area contributed by atoms with Crippen molar-refractivity contribution in [1.82, 2.24) is 0 Å². The van der Waals surface area contributed by atoms with Crippen LogP contribution in [0.25, 0.3) is 6.08 Å². The van der Waals surface area contributed by atoms with Gasteiger partial charge in [0, 0.05) is 11.0 Å². The lowest BCUT2D eigenvalue weighted by atomic mass is 9.71. The molecule has 0 amide bonds. The number of benzene rings is 4. The number of aromatic hydroxyl groups is 3. The maximum atomic E-state index is 11.2. The average molecular weight is 465 g/mol. The molecule has 3 N–H and O–H groups in total. The standard InChI is InChI=1S/C20H18O3.C10H6O2/c1-20(14-2-8-17(21)9-3-14,15-4-10-18(22)11-5-15)16-6-12-19(23)13-7-16;11-9-6-5-7-3-1-2-4-8(7)10(9)12/h2-13,21-23H,1H3;1-6H. The second kappa shape index (κ2) is 9.69. The summed E-state index contributed by atoms with van der Waals surface area (Å²) in [7, 11) is 0. The highest BCUT2D eigenvalue weighted by Gasteiger charge is 2.31. The van der Waals surface area contributed by atoms with Gasteiger partial charge in [-0.15, -0.1) is 0 Å². The van der Waals surface area contributed by atoms with Crippen molar-refractivity contribution >= 4 is 17.6 Å². The number of Topliss-reactive ketones (excluding diaryl/α,β-unsaturated/α-hetero) is 1. The molecule has 35 heavy (non-hydrogen) atoms. The Labute approximate surface area is 203 Å². The van der Waals surface area contributed by atoms with E-state index >= 15 is 0 Å². The highest BCUT2D eigenvalue weighted by atomic mass is 16.3. The molecular formula is C30H24O5. The molecule has 0 saturated heterocycles. The van der Waals surface area contributed by atoms with E-state index in [4.69, 9.17) is 0 Å². The van der Waals surface area contributed by atoms with Crippen molar-refractivity contribution < 1.29 is 24.9 Å². The van der Waals surface area contributed by atoms with Crippen molar-refractivity contribution in [3.8, 4) is 17.2 Å². The normalized spacial score (nSPS) is 12.5. The number of rotatable bonds is 3. The highest BCUT2D eigenvalue weighted by molar-refractivity contribution is 6.49. The number of carbonyl (C=O) groups is 2. The van der Waals surface area contributed by atoms with Gasteiger partial charge in [-0.05, 0) is 71.7 Å². The Hall–Kier alpha value is -4.64. The molecule has 4 aromatic rings. The van der Waals surface area contributed by atoms with Crippen LogP contribution in [0.1, 0.15) is 39.5 Å². The van der Waals surface area contributed by atoms with Crippen LogP contribution in [0.5, 0.6) is 17.2 Å². The molecule has 0 atom stereocenters. The van der Waals surface area contributed by atoms with Gasteiger partial charge in [-0.2, -0.15) is 0 Å². The van der Waals surface area contributed by atoms with Gasteiger partial charge < -0.3 is 15.3 Å². The number of allylic oxidation sites excluding steroid dienone is 1. The number of hydrogen-bond donors (Lipinski definition) is 3. The molecule has 0 heterocycles. The molecule has 4 aromatic carbocycles. The summed E-state index contributed by atoms with van der Waals surface area (Å²) in [5.41, 5.74) is 3.87. The summed E-state index contributed by atoms with van der Waals surface area (Å²) in [6.07, 6.45) is 2.98. The topological polar surface area (TPSA) is 94.8 Å². The molecule has 1 aliphatic carbocycles. The molecule has 5 nitrogen and oxygen atoms in total. The first-order valence-electron chi connectivity index (χ1n) is 11.0. The molecule has 0 fully saturated rings. The second-order valence-corrected chi connectivity index (χ2v) is 8.38. The Bertz CT molecular complexity index is 1270. The summed E-state index contributed by atoms with van der Waals surface area (Å²) < 4.78 is 0. The van der Waals surface area contributed by atoms with E-state index in [1.165, 1.54) is 6.08 Å². The third-order valence-electron chi connectivity index (χ3n) is 6.18. The fraction of sp³-hybridized carbons (Fsp3) is 0.0667. The van der Waals surface area contributed by atoms with Crippen LogP contribution < -0.4 is 0 Å². The number of fused-ring (bicyclic) bond motifs is 1. The third-order valence-corrected chi connectivity index (χ3v) is 6.18. The predicted octanol–water partition coefficient (Wildman–Crippen LogP) is 5.62. The molecular weight excluding hydrogens is 440 g/mol. The molecule has 0 aromatic heterocycles. The van der Waals surface area contributed by atoms with Gasteiger partial charge >= 0.3 is 0 Å². The second-order valence-electron chi connectivity index (χ2n) is 8.38. The molecule has 0 saturated carbocycles. The van der Waals surface area contributed by atoms with Crippen LogP contribution >= 0.6 is 0 Å². The maximum Gasteiger partial charge on any atom is 0.233 e. The minimum atomic E-state index is -0.477. The summed E-state index contributed by atoms with van der Waals surface area (Å²) in [6, 6.07) is 28.3. The zero-order chi connectivity index (χ0) is 25.0. The number of ketones is 2. The SMILES string of the molecule is CC(c1ccc(O)cc1)(c1ccc(O)cc1)c1ccc(O)cc1.O=C1C=Cc2ccccc2C1=O. The lowest BCUT2D eigenvalue weighted by Crippen LogP contribution is -2.25. The Kier molecular flexibility index (Phi) is 6.51. The van der Waals surface area contributed by atoms with E-state index in [-0.39, 0.29) is 17.2 Å². The highest BCUT2D eigenvalue weighted by Crippen LogP contribution is 2.40. The van der Waals surface area contributed by atoms with Crippen LogP contribution in [0.2, 0.25) is 0 Å². The lowest BCUT2D eigenvalue weighted by molar-refractivity contribution is -0.110. The van der Waals surface area contributed by atoms with Crippen molar-refractivity contribution in [3.05, 3.63) is 131 Å². The van der Waals surface area contributed by atoms with Gasteiger partial charge in [0.25, 0.3) is 0 Å². The van der Waals surface area contributed by atoms with Crippen molar-refractivity contribution in [2.75, 3.05) is 0 Å². The quantitative estimate of drug-likeness (QED) is 0.270. The van der Waals surface area contributed by atoms with Crippen LogP contribution in [-0.2, 0) is 10.2 Å². The third kappa shape index (κ3) is 4.84. The maximum absolute atomic E-state index is 11.2. The fourth-order valence-corrected chi connectivity index (χ4v) is 4.11. The van der Waals surface area contributed by atoms with E-state index < -0.39 is 17.0 Å². The number of phenolic OH excluding ortho intramolecular Hbond substituents is 3. The number of hydrogen-bond acceptors (Lipinski definition) is 5. The van der Waals surface area contributed by atoms with Crippen LogP contribution in [0.4, 0.5) is 0 Å². The van der Waals surface area contributed by atoms with Gasteiger partial charge in [0.15, 0.2) is 0 Å². The first-order valence-corrected chi connectivity index (χ1v) is 11.0. The summed E-state index contributed by atoms with van der Waals surface area (Å²) >= 11 is 0. The number of carbonyl (C=O) groups excluding carboxylic acids is 2. The fourth-order valence-electron chi connectivity index (χ4n) is 4.11. The van der Waals surface area contributed by atoms with E-state index in [1.54, 1.807) is 54.6 Å². The summed E-state index contributed by atoms with van der Waals surface area (Å²) in [6.45, 7) is 2.08. The minimum Gasteiger partial charge on any atom is -0.508 e. The van der Waals surface area contributed by atoms with E-state index in [0.717, 1.165) is 22.3 Å². The minimum absolute atomic E-state index is 0.215. The average Bonchev–Trinajstić information content (AvgIpc) is 2.88. The summed E-state index contributed by atoms with van der Waals surface area (Å²) in [5.74, 6) is -0.200. The van der Waals surface area contributed by atoms with E-state index in [2.05, 4.69) is 6.92 Å². The zero-order valence-electron chi connectivity index (χ0n) is 19.1. The molecule has 5 rings (SSSR count). The van der Waals surface area contributed by atoms with Gasteiger partial charge in [-0.1, -0.05) is 66.7 Å². The molecule has 5 heteroatoms. The lowest BCUT2D eigenvalue weighted by Gasteiger charge is -2.32. The van der Waals surface area contributed by atoms with E-state index in [9.17, 15) is 24.9 Å². The molecule has 0 bridgehead atoms. The molecule has 0 spiro atoms. The zero-order valence-corrected chi connectivity index (χ0v) is 19.1. The molecule has 0 radical (unpaired) electrons. The Morgan fingerprint density at radius 2 is 0.943 bits per heavy atom. The largest absolute Gasteiger partial charge is 0.508 e. The van der Waals surface area contributed by atoms with E-state index in [1.807, 2.05) is 48.5 Å². The van der Waals surface area contributed by atoms with Crippen molar-refractivity contribution in [1.29, 1.82) is 0 Å². The van der Waals surface area contributed by atoms with Gasteiger partial charge in [-0.3, -0.25) is 9.59 Å². The monoisotopic (exact) mass is 464 g/mol. The summed E-state index contributed by atoms with van der Waals surface area (Å²) in [4.78, 5) is 22.1. The molecule has 0 aliphatic heterocycles. The predicted molar refractivity (Wildman–Crippen MR) is 135 cm³/mol. The van der Waals surface area contributed by atoms with Gasteiger partial charge in [-0.25, -0.2) is 0 Å².